The number of carbonyl (C=O) groups excluding carboxylic acids is 3. The first-order chi connectivity index (χ1) is 17.6. The normalized spacial score (nSPS) is 11.8. The summed E-state index contributed by atoms with van der Waals surface area (Å²) in [5.41, 5.74) is 3.54. The molecule has 2 aromatic rings. The molecule has 1 unspecified atom stereocenters. The summed E-state index contributed by atoms with van der Waals surface area (Å²) in [5, 5.41) is 7.35. The molecule has 0 saturated carbocycles. The van der Waals surface area contributed by atoms with Crippen molar-refractivity contribution in [1.29, 1.82) is 0 Å². The maximum absolute atomic E-state index is 12.8. The Bertz CT molecular complexity index is 1110. The summed E-state index contributed by atoms with van der Waals surface area (Å²) in [6, 6.07) is 9.10. The molecule has 9 nitrogen and oxygen atoms in total. The number of halogens is 2. The summed E-state index contributed by atoms with van der Waals surface area (Å²) < 4.78 is 16.9. The quantitative estimate of drug-likeness (QED) is 0.143. The zero-order chi connectivity index (χ0) is 27.4. The first kappa shape index (κ1) is 30.4. The second-order valence-electron chi connectivity index (χ2n) is 8.25. The van der Waals surface area contributed by atoms with Crippen LogP contribution in [0, 0.1) is 9.49 Å². The van der Waals surface area contributed by atoms with Gasteiger partial charge in [0.2, 0.25) is 0 Å². The van der Waals surface area contributed by atoms with E-state index in [0.29, 0.717) is 44.2 Å². The van der Waals surface area contributed by atoms with Gasteiger partial charge in [-0.15, -0.1) is 0 Å². The van der Waals surface area contributed by atoms with Gasteiger partial charge in [-0.1, -0.05) is 25.4 Å². The van der Waals surface area contributed by atoms with Crippen LogP contribution in [0.1, 0.15) is 50.0 Å². The van der Waals surface area contributed by atoms with Crippen LogP contribution in [0.3, 0.4) is 0 Å². The highest BCUT2D eigenvalue weighted by Crippen LogP contribution is 2.34. The lowest BCUT2D eigenvalue weighted by atomic mass is 10.0. The van der Waals surface area contributed by atoms with Gasteiger partial charge in [0.15, 0.2) is 18.1 Å². The largest absolute Gasteiger partial charge is 0.490 e. The van der Waals surface area contributed by atoms with Crippen LogP contribution in [-0.4, -0.2) is 49.9 Å². The SMILES string of the molecule is CCOC(=O)COc1c(I)cc(C=NNC(=O)C(CC(C)C)NC(=O)c2ccc(Cl)cc2)cc1OCC. The summed E-state index contributed by atoms with van der Waals surface area (Å²) in [4.78, 5) is 37.1. The Hall–Kier alpha value is -2.86. The van der Waals surface area contributed by atoms with Gasteiger partial charge in [-0.2, -0.15) is 5.10 Å². The van der Waals surface area contributed by atoms with E-state index in [1.165, 1.54) is 6.21 Å². The average Bonchev–Trinajstić information content (AvgIpc) is 2.83. The van der Waals surface area contributed by atoms with Gasteiger partial charge in [-0.3, -0.25) is 9.59 Å². The Morgan fingerprint density at radius 1 is 1.08 bits per heavy atom. The number of hydrogen-bond donors (Lipinski definition) is 2. The third-order valence-electron chi connectivity index (χ3n) is 4.80. The van der Waals surface area contributed by atoms with Gasteiger partial charge in [-0.25, -0.2) is 10.2 Å². The number of esters is 1. The molecule has 0 fully saturated rings. The second kappa shape index (κ2) is 15.4. The molecule has 2 N–H and O–H groups in total. The molecule has 0 aliphatic carbocycles. The zero-order valence-electron chi connectivity index (χ0n) is 21.2. The maximum Gasteiger partial charge on any atom is 0.344 e. The number of benzene rings is 2. The van der Waals surface area contributed by atoms with E-state index in [2.05, 4.69) is 38.4 Å². The average molecular weight is 644 g/mol. The molecule has 0 heterocycles. The Balaban J connectivity index is 2.11. The smallest absolute Gasteiger partial charge is 0.344 e. The number of nitrogens with one attached hydrogen (secondary N) is 2. The van der Waals surface area contributed by atoms with Crippen LogP contribution in [0.2, 0.25) is 5.02 Å². The summed E-state index contributed by atoms with van der Waals surface area (Å²) in [6.07, 6.45) is 1.89. The number of hydrogen-bond acceptors (Lipinski definition) is 7. The molecule has 0 aliphatic rings. The molecule has 2 rings (SSSR count). The molecule has 0 saturated heterocycles. The van der Waals surface area contributed by atoms with E-state index >= 15 is 0 Å². The van der Waals surface area contributed by atoms with Crippen molar-refractivity contribution in [3.8, 4) is 11.5 Å². The fourth-order valence-corrected chi connectivity index (χ4v) is 4.10. The number of rotatable bonds is 13. The van der Waals surface area contributed by atoms with Gasteiger partial charge < -0.3 is 19.5 Å². The van der Waals surface area contributed by atoms with Gasteiger partial charge in [-0.05, 0) is 90.7 Å². The van der Waals surface area contributed by atoms with Crippen LogP contribution in [0.4, 0.5) is 0 Å². The van der Waals surface area contributed by atoms with E-state index in [0.717, 1.165) is 0 Å². The minimum atomic E-state index is -0.780. The standard InChI is InChI=1S/C26H31ClIN3O6/c1-5-35-22-13-17(12-20(28)24(22)37-15-23(32)36-6-2)14-29-31-26(34)21(11-16(3)4)30-25(33)18-7-9-19(27)10-8-18/h7-10,12-14,16,21H,5-6,11,15H2,1-4H3,(H,30,33)(H,31,34). The van der Waals surface area contributed by atoms with E-state index in [1.807, 2.05) is 20.8 Å². The summed E-state index contributed by atoms with van der Waals surface area (Å²) >= 11 is 7.96. The Kier molecular flexibility index (Phi) is 12.6. The number of hydrazone groups is 1. The number of nitrogens with zero attached hydrogens (tertiary/aromatic N) is 1. The molecule has 2 amide bonds. The van der Waals surface area contributed by atoms with Crippen LogP contribution in [-0.2, 0) is 14.3 Å². The molecule has 11 heteroatoms. The monoisotopic (exact) mass is 643 g/mol. The van der Waals surface area contributed by atoms with E-state index < -0.39 is 17.9 Å². The molecule has 0 radical (unpaired) electrons. The van der Waals surface area contributed by atoms with Crippen LogP contribution < -0.4 is 20.2 Å². The minimum absolute atomic E-state index is 0.155. The molecular formula is C26H31ClIN3O6. The third kappa shape index (κ3) is 10.2. The summed E-state index contributed by atoms with van der Waals surface area (Å²) in [7, 11) is 0. The van der Waals surface area contributed by atoms with Gasteiger partial charge in [0, 0.05) is 10.6 Å². The van der Waals surface area contributed by atoms with Gasteiger partial charge in [0.1, 0.15) is 6.04 Å². The maximum atomic E-state index is 12.8. The van der Waals surface area contributed by atoms with E-state index in [9.17, 15) is 14.4 Å². The molecule has 0 bridgehead atoms. The molecule has 2 aromatic carbocycles. The molecular weight excluding hydrogens is 613 g/mol. The van der Waals surface area contributed by atoms with Crippen molar-refractivity contribution in [1.82, 2.24) is 10.7 Å². The van der Waals surface area contributed by atoms with E-state index in [4.69, 9.17) is 25.8 Å². The van der Waals surface area contributed by atoms with Gasteiger partial charge in [0.05, 0.1) is 23.0 Å². The van der Waals surface area contributed by atoms with Crippen LogP contribution in [0.5, 0.6) is 11.5 Å². The lowest BCUT2D eigenvalue weighted by Crippen LogP contribution is -2.46. The van der Waals surface area contributed by atoms with E-state index in [1.54, 1.807) is 43.3 Å². The first-order valence-electron chi connectivity index (χ1n) is 11.8. The van der Waals surface area contributed by atoms with Crippen molar-refractivity contribution >= 4 is 58.2 Å². The van der Waals surface area contributed by atoms with Crippen LogP contribution >= 0.6 is 34.2 Å². The van der Waals surface area contributed by atoms with Gasteiger partial charge in [0.25, 0.3) is 11.8 Å². The highest BCUT2D eigenvalue weighted by Gasteiger charge is 2.22. The molecule has 0 aliphatic heterocycles. The van der Waals surface area contributed by atoms with Crippen molar-refractivity contribution in [2.24, 2.45) is 11.0 Å². The molecule has 0 aromatic heterocycles. The number of amides is 2. The van der Waals surface area contributed by atoms with E-state index in [-0.39, 0.29) is 25.0 Å². The highest BCUT2D eigenvalue weighted by atomic mass is 127. The zero-order valence-corrected chi connectivity index (χ0v) is 24.1. The van der Waals surface area contributed by atoms with Crippen molar-refractivity contribution in [2.75, 3.05) is 19.8 Å². The van der Waals surface area contributed by atoms with Crippen molar-refractivity contribution in [3.05, 3.63) is 56.1 Å². The second-order valence-corrected chi connectivity index (χ2v) is 9.85. The summed E-state index contributed by atoms with van der Waals surface area (Å²) in [6.45, 7) is 7.87. The minimum Gasteiger partial charge on any atom is -0.490 e. The highest BCUT2D eigenvalue weighted by molar-refractivity contribution is 14.1. The van der Waals surface area contributed by atoms with Crippen molar-refractivity contribution in [3.63, 3.8) is 0 Å². The molecule has 1 atom stereocenters. The Morgan fingerprint density at radius 3 is 2.41 bits per heavy atom. The summed E-state index contributed by atoms with van der Waals surface area (Å²) in [5.74, 6) is -0.300. The third-order valence-corrected chi connectivity index (χ3v) is 5.85. The number of ether oxygens (including phenoxy) is 3. The lowest BCUT2D eigenvalue weighted by Gasteiger charge is -2.19. The fraction of sp³-hybridized carbons (Fsp3) is 0.385. The Labute approximate surface area is 235 Å². The Morgan fingerprint density at radius 2 is 1.78 bits per heavy atom. The lowest BCUT2D eigenvalue weighted by molar-refractivity contribution is -0.145. The van der Waals surface area contributed by atoms with Crippen LogP contribution in [0.25, 0.3) is 0 Å². The predicted octanol–water partition coefficient (Wildman–Crippen LogP) is 4.58. The number of carbonyl (C=O) groups is 3. The van der Waals surface area contributed by atoms with Crippen molar-refractivity contribution in [2.45, 2.75) is 40.2 Å². The molecule has 37 heavy (non-hydrogen) atoms. The molecule has 200 valence electrons. The fourth-order valence-electron chi connectivity index (χ4n) is 3.19. The van der Waals surface area contributed by atoms with Crippen LogP contribution in [0.15, 0.2) is 41.5 Å². The van der Waals surface area contributed by atoms with Gasteiger partial charge >= 0.3 is 5.97 Å². The molecule has 0 spiro atoms. The topological polar surface area (TPSA) is 115 Å². The first-order valence-corrected chi connectivity index (χ1v) is 13.2. The van der Waals surface area contributed by atoms with Crippen molar-refractivity contribution < 1.29 is 28.6 Å². The predicted molar refractivity (Wildman–Crippen MR) is 150 cm³/mol.